The van der Waals surface area contributed by atoms with E-state index in [2.05, 4.69) is 29.6 Å². The van der Waals surface area contributed by atoms with Crippen molar-refractivity contribution < 1.29 is 9.53 Å². The van der Waals surface area contributed by atoms with Crippen molar-refractivity contribution in [2.75, 3.05) is 12.4 Å². The summed E-state index contributed by atoms with van der Waals surface area (Å²) in [5.74, 6) is 1.06. The number of nitrogens with one attached hydrogen (secondary N) is 1. The molecule has 2 saturated carbocycles. The molecule has 0 radical (unpaired) electrons. The third-order valence-electron chi connectivity index (χ3n) is 5.86. The van der Waals surface area contributed by atoms with Gasteiger partial charge in [0.25, 0.3) is 0 Å². The van der Waals surface area contributed by atoms with Crippen molar-refractivity contribution in [1.82, 2.24) is 0 Å². The molecule has 4 rings (SSSR count). The quantitative estimate of drug-likeness (QED) is 0.812. The standard InChI is InChI=1S/C21H22ClNO2/c1-25-17-10-9-15(22)13-16(17)23-20(24)19-18(14-7-3-2-4-8-14)21(19)11-5-6-12-21/h2-4,7-10,13,18-19H,5-6,11-12H2,1H3,(H,23,24). The third-order valence-corrected chi connectivity index (χ3v) is 6.09. The van der Waals surface area contributed by atoms with Crippen LogP contribution in [-0.4, -0.2) is 13.0 Å². The molecular formula is C21H22ClNO2. The van der Waals surface area contributed by atoms with Crippen molar-refractivity contribution in [3.63, 3.8) is 0 Å². The lowest BCUT2D eigenvalue weighted by molar-refractivity contribution is -0.118. The number of hydrogen-bond donors (Lipinski definition) is 1. The summed E-state index contributed by atoms with van der Waals surface area (Å²) in [6.45, 7) is 0. The van der Waals surface area contributed by atoms with E-state index in [1.807, 2.05) is 6.07 Å². The first-order valence-corrected chi connectivity index (χ1v) is 9.23. The zero-order chi connectivity index (χ0) is 17.4. The summed E-state index contributed by atoms with van der Waals surface area (Å²) in [6.07, 6.45) is 4.70. The Kier molecular flexibility index (Phi) is 4.20. The molecule has 130 valence electrons. The van der Waals surface area contributed by atoms with Gasteiger partial charge in [-0.1, -0.05) is 54.8 Å². The highest BCUT2D eigenvalue weighted by molar-refractivity contribution is 6.31. The molecule has 4 heteroatoms. The summed E-state index contributed by atoms with van der Waals surface area (Å²) in [5, 5.41) is 3.65. The SMILES string of the molecule is COc1ccc(Cl)cc1NC(=O)C1C(c2ccccc2)C12CCCC2. The number of ether oxygens (including phenoxy) is 1. The molecule has 0 aliphatic heterocycles. The highest BCUT2D eigenvalue weighted by Gasteiger charge is 2.68. The Labute approximate surface area is 153 Å². The third kappa shape index (κ3) is 2.81. The Bertz CT molecular complexity index is 784. The lowest BCUT2D eigenvalue weighted by Gasteiger charge is -2.12. The van der Waals surface area contributed by atoms with E-state index in [0.29, 0.717) is 22.4 Å². The van der Waals surface area contributed by atoms with Crippen LogP contribution in [0.15, 0.2) is 48.5 Å². The second-order valence-electron chi connectivity index (χ2n) is 7.14. The van der Waals surface area contributed by atoms with Crippen LogP contribution in [0.4, 0.5) is 5.69 Å². The highest BCUT2D eigenvalue weighted by Crippen LogP contribution is 2.72. The molecule has 2 unspecified atom stereocenters. The van der Waals surface area contributed by atoms with Gasteiger partial charge >= 0.3 is 0 Å². The van der Waals surface area contributed by atoms with Gasteiger partial charge in [0.15, 0.2) is 0 Å². The van der Waals surface area contributed by atoms with Gasteiger partial charge in [0.2, 0.25) is 5.91 Å². The molecule has 0 bridgehead atoms. The Balaban J connectivity index is 1.60. The van der Waals surface area contributed by atoms with E-state index in [1.54, 1.807) is 25.3 Å². The normalized spacial score (nSPS) is 23.4. The van der Waals surface area contributed by atoms with Gasteiger partial charge < -0.3 is 10.1 Å². The van der Waals surface area contributed by atoms with Gasteiger partial charge in [-0.3, -0.25) is 4.79 Å². The smallest absolute Gasteiger partial charge is 0.228 e. The average molecular weight is 356 g/mol. The van der Waals surface area contributed by atoms with Gasteiger partial charge in [-0.15, -0.1) is 0 Å². The summed E-state index contributed by atoms with van der Waals surface area (Å²) in [6, 6.07) is 15.7. The van der Waals surface area contributed by atoms with Crippen molar-refractivity contribution in [1.29, 1.82) is 0 Å². The zero-order valence-electron chi connectivity index (χ0n) is 14.3. The van der Waals surface area contributed by atoms with Crippen LogP contribution < -0.4 is 10.1 Å². The molecule has 1 amide bonds. The monoisotopic (exact) mass is 355 g/mol. The van der Waals surface area contributed by atoms with E-state index < -0.39 is 0 Å². The maximum absolute atomic E-state index is 13.1. The molecule has 0 saturated heterocycles. The molecule has 1 spiro atoms. The minimum atomic E-state index is 0.0288. The minimum absolute atomic E-state index is 0.0288. The summed E-state index contributed by atoms with van der Waals surface area (Å²) >= 11 is 6.09. The van der Waals surface area contributed by atoms with E-state index in [1.165, 1.54) is 18.4 Å². The van der Waals surface area contributed by atoms with E-state index in [-0.39, 0.29) is 17.2 Å². The molecule has 2 aliphatic rings. The van der Waals surface area contributed by atoms with Crippen LogP contribution in [0, 0.1) is 11.3 Å². The van der Waals surface area contributed by atoms with Crippen molar-refractivity contribution in [2.45, 2.75) is 31.6 Å². The minimum Gasteiger partial charge on any atom is -0.495 e. The van der Waals surface area contributed by atoms with Gasteiger partial charge in [0.05, 0.1) is 18.7 Å². The fraction of sp³-hybridized carbons (Fsp3) is 0.381. The second-order valence-corrected chi connectivity index (χ2v) is 7.58. The number of methoxy groups -OCH3 is 1. The highest BCUT2D eigenvalue weighted by atomic mass is 35.5. The maximum Gasteiger partial charge on any atom is 0.228 e. The molecule has 2 atom stereocenters. The Morgan fingerprint density at radius 1 is 1.16 bits per heavy atom. The predicted octanol–water partition coefficient (Wildman–Crippen LogP) is 5.26. The van der Waals surface area contributed by atoms with Gasteiger partial charge in [-0.2, -0.15) is 0 Å². The Morgan fingerprint density at radius 3 is 2.56 bits per heavy atom. The van der Waals surface area contributed by atoms with Crippen molar-refractivity contribution in [3.05, 3.63) is 59.1 Å². The molecule has 2 aliphatic carbocycles. The van der Waals surface area contributed by atoms with Gasteiger partial charge in [0, 0.05) is 10.9 Å². The van der Waals surface area contributed by atoms with E-state index in [4.69, 9.17) is 16.3 Å². The number of carbonyl (C=O) groups is 1. The number of halogens is 1. The largest absolute Gasteiger partial charge is 0.495 e. The molecular weight excluding hydrogens is 334 g/mol. The fourth-order valence-electron chi connectivity index (χ4n) is 4.73. The van der Waals surface area contributed by atoms with Crippen molar-refractivity contribution in [3.8, 4) is 5.75 Å². The topological polar surface area (TPSA) is 38.3 Å². The molecule has 1 N–H and O–H groups in total. The molecule has 2 aromatic rings. The van der Waals surface area contributed by atoms with Gasteiger partial charge in [-0.05, 0) is 42.0 Å². The first-order valence-electron chi connectivity index (χ1n) is 8.85. The van der Waals surface area contributed by atoms with Crippen LogP contribution in [0.25, 0.3) is 0 Å². The molecule has 2 fully saturated rings. The van der Waals surface area contributed by atoms with Crippen molar-refractivity contribution in [2.24, 2.45) is 11.3 Å². The summed E-state index contributed by atoms with van der Waals surface area (Å²) in [5.41, 5.74) is 2.06. The lowest BCUT2D eigenvalue weighted by Crippen LogP contribution is -2.18. The number of hydrogen-bond acceptors (Lipinski definition) is 2. The second kappa shape index (κ2) is 6.38. The molecule has 3 nitrogen and oxygen atoms in total. The van der Waals surface area contributed by atoms with Gasteiger partial charge in [0.1, 0.15) is 5.75 Å². The van der Waals surface area contributed by atoms with E-state index >= 15 is 0 Å². The van der Waals surface area contributed by atoms with Crippen LogP contribution in [0.5, 0.6) is 5.75 Å². The number of carbonyl (C=O) groups excluding carboxylic acids is 1. The number of benzene rings is 2. The number of rotatable bonds is 4. The Hall–Kier alpha value is -2.00. The van der Waals surface area contributed by atoms with Crippen LogP contribution in [0.2, 0.25) is 5.02 Å². The molecule has 25 heavy (non-hydrogen) atoms. The van der Waals surface area contributed by atoms with Crippen LogP contribution >= 0.6 is 11.6 Å². The maximum atomic E-state index is 13.1. The average Bonchev–Trinajstić information content (AvgIpc) is 3.00. The molecule has 0 heterocycles. The fourth-order valence-corrected chi connectivity index (χ4v) is 4.90. The lowest BCUT2D eigenvalue weighted by atomic mass is 9.97. The van der Waals surface area contributed by atoms with E-state index in [0.717, 1.165) is 12.8 Å². The number of anilines is 1. The van der Waals surface area contributed by atoms with Crippen LogP contribution in [0.1, 0.15) is 37.2 Å². The number of amides is 1. The van der Waals surface area contributed by atoms with Crippen LogP contribution in [-0.2, 0) is 4.79 Å². The zero-order valence-corrected chi connectivity index (χ0v) is 15.1. The van der Waals surface area contributed by atoms with Crippen LogP contribution in [0.3, 0.4) is 0 Å². The Morgan fingerprint density at radius 2 is 1.88 bits per heavy atom. The van der Waals surface area contributed by atoms with Crippen molar-refractivity contribution >= 4 is 23.2 Å². The first kappa shape index (κ1) is 16.5. The van der Waals surface area contributed by atoms with E-state index in [9.17, 15) is 4.79 Å². The predicted molar refractivity (Wildman–Crippen MR) is 100 cm³/mol. The summed E-state index contributed by atoms with van der Waals surface area (Å²) < 4.78 is 5.36. The first-order chi connectivity index (χ1) is 12.2. The van der Waals surface area contributed by atoms with Gasteiger partial charge in [-0.25, -0.2) is 0 Å². The summed E-state index contributed by atoms with van der Waals surface area (Å²) in [4.78, 5) is 13.1. The molecule has 0 aromatic heterocycles. The molecule has 2 aromatic carbocycles. The summed E-state index contributed by atoms with van der Waals surface area (Å²) in [7, 11) is 1.60.